The summed E-state index contributed by atoms with van der Waals surface area (Å²) in [6.07, 6.45) is 2.48. The summed E-state index contributed by atoms with van der Waals surface area (Å²) in [7, 11) is -1.84. The third-order valence-electron chi connectivity index (χ3n) is 10.3. The topological polar surface area (TPSA) is 80.8 Å². The highest BCUT2D eigenvalue weighted by atomic mass is 35.5. The van der Waals surface area contributed by atoms with E-state index in [1.807, 2.05) is 36.4 Å². The van der Waals surface area contributed by atoms with Gasteiger partial charge in [0, 0.05) is 58.6 Å². The normalized spacial score (nSPS) is 23.9. The fraction of sp³-hybridized carbons (Fsp3) is 0.457. The molecule has 238 valence electrons. The number of carbonyl (C=O) groups is 2. The Kier molecular flexibility index (Phi) is 8.33. The molecule has 3 aliphatic rings. The number of nitrogens with zero attached hydrogens (tertiary/aromatic N) is 2. The summed E-state index contributed by atoms with van der Waals surface area (Å²) in [5.41, 5.74) is 2.94. The van der Waals surface area contributed by atoms with Crippen LogP contribution in [-0.2, 0) is 21.4 Å². The van der Waals surface area contributed by atoms with Crippen LogP contribution in [0.2, 0.25) is 28.2 Å². The fourth-order valence-corrected chi connectivity index (χ4v) is 7.82. The number of ketones is 1. The van der Waals surface area contributed by atoms with E-state index in [1.54, 1.807) is 30.2 Å². The highest BCUT2D eigenvalue weighted by molar-refractivity contribution is 6.74. The molecule has 1 aliphatic carbocycles. The molecule has 0 radical (unpaired) electrons. The van der Waals surface area contributed by atoms with Gasteiger partial charge in [-0.1, -0.05) is 56.1 Å². The Bertz CT molecular complexity index is 1640. The summed E-state index contributed by atoms with van der Waals surface area (Å²) in [6, 6.07) is 14.8. The molecular weight excluding hydrogens is 625 g/mol. The Labute approximate surface area is 276 Å². The van der Waals surface area contributed by atoms with Gasteiger partial charge >= 0.3 is 0 Å². The molecule has 45 heavy (non-hydrogen) atoms. The van der Waals surface area contributed by atoms with E-state index in [1.165, 1.54) is 0 Å². The second kappa shape index (κ2) is 11.6. The highest BCUT2D eigenvalue weighted by Crippen LogP contribution is 2.66. The molecule has 10 heteroatoms. The van der Waals surface area contributed by atoms with E-state index in [4.69, 9.17) is 32.4 Å². The van der Waals surface area contributed by atoms with Gasteiger partial charge in [-0.2, -0.15) is 0 Å². The molecule has 3 unspecified atom stereocenters. The van der Waals surface area contributed by atoms with E-state index in [0.29, 0.717) is 40.1 Å². The summed E-state index contributed by atoms with van der Waals surface area (Å²) in [5, 5.41) is 4.93. The van der Waals surface area contributed by atoms with Gasteiger partial charge in [0.05, 0.1) is 23.9 Å². The van der Waals surface area contributed by atoms with Gasteiger partial charge < -0.3 is 14.5 Å². The number of rotatable bonds is 10. The van der Waals surface area contributed by atoms with Crippen LogP contribution >= 0.6 is 23.2 Å². The van der Waals surface area contributed by atoms with Crippen LogP contribution in [0, 0.1) is 5.41 Å². The van der Waals surface area contributed by atoms with Crippen LogP contribution in [0.4, 0.5) is 0 Å². The first-order valence-electron chi connectivity index (χ1n) is 15.5. The van der Waals surface area contributed by atoms with E-state index in [-0.39, 0.29) is 34.6 Å². The van der Waals surface area contributed by atoms with Crippen molar-refractivity contribution in [3.63, 3.8) is 0 Å². The van der Waals surface area contributed by atoms with Crippen molar-refractivity contribution in [3.8, 4) is 0 Å². The summed E-state index contributed by atoms with van der Waals surface area (Å²) in [6.45, 7) is 15.6. The Hall–Kier alpha value is -2.59. The Morgan fingerprint density at radius 3 is 2.49 bits per heavy atom. The monoisotopic (exact) mass is 665 g/mol. The Balaban J connectivity index is 1.38. The summed E-state index contributed by atoms with van der Waals surface area (Å²) < 4.78 is 13.5. The zero-order valence-corrected chi connectivity index (χ0v) is 29.3. The first kappa shape index (κ1) is 32.4. The average molecular weight is 667 g/mol. The lowest BCUT2D eigenvalue weighted by Crippen LogP contribution is -2.47. The number of hydrogen-bond acceptors (Lipinski definition) is 6. The van der Waals surface area contributed by atoms with Gasteiger partial charge in [-0.05, 0) is 79.4 Å². The molecule has 0 spiro atoms. The number of carbonyl (C=O) groups excluding carboxylic acids is 2. The molecule has 3 aromatic rings. The Morgan fingerprint density at radius 1 is 1.13 bits per heavy atom. The molecule has 1 N–H and O–H groups in total. The first-order chi connectivity index (χ1) is 21.2. The van der Waals surface area contributed by atoms with Crippen LogP contribution in [0.25, 0.3) is 0 Å². The molecular formula is C35H41Cl2N3O4Si. The number of nitrogens with one attached hydrogen (secondary N) is 1. The number of halogens is 2. The maximum Gasteiger partial charge on any atom is 0.257 e. The maximum atomic E-state index is 14.4. The molecule has 1 amide bonds. The van der Waals surface area contributed by atoms with Crippen molar-refractivity contribution in [2.24, 2.45) is 5.41 Å². The van der Waals surface area contributed by atoms with Gasteiger partial charge in [0.15, 0.2) is 19.8 Å². The molecule has 1 saturated carbocycles. The largest absolute Gasteiger partial charge is 0.416 e. The average Bonchev–Trinajstić information content (AvgIpc) is 3.66. The second-order valence-electron chi connectivity index (χ2n) is 14.2. The van der Waals surface area contributed by atoms with Crippen LogP contribution in [0.3, 0.4) is 0 Å². The number of aromatic nitrogens is 1. The van der Waals surface area contributed by atoms with E-state index in [2.05, 4.69) is 44.2 Å². The summed E-state index contributed by atoms with van der Waals surface area (Å²) >= 11 is 12.5. The number of benzene rings is 2. The number of ether oxygens (including phenoxy) is 1. The smallest absolute Gasteiger partial charge is 0.257 e. The van der Waals surface area contributed by atoms with Gasteiger partial charge in [-0.25, -0.2) is 0 Å². The van der Waals surface area contributed by atoms with Crippen LogP contribution in [0.5, 0.6) is 0 Å². The first-order valence-corrected chi connectivity index (χ1v) is 19.2. The van der Waals surface area contributed by atoms with Crippen molar-refractivity contribution in [1.29, 1.82) is 0 Å². The molecule has 1 aromatic heterocycles. The van der Waals surface area contributed by atoms with Gasteiger partial charge in [0.25, 0.3) is 5.91 Å². The quantitative estimate of drug-likeness (QED) is 0.137. The molecule has 2 aliphatic heterocycles. The molecule has 0 saturated heterocycles. The predicted octanol–water partition coefficient (Wildman–Crippen LogP) is 7.56. The number of amides is 1. The lowest BCUT2D eigenvalue weighted by molar-refractivity contribution is -0.122. The van der Waals surface area contributed by atoms with Crippen molar-refractivity contribution in [2.75, 3.05) is 26.3 Å². The van der Waals surface area contributed by atoms with Crippen molar-refractivity contribution in [1.82, 2.24) is 15.2 Å². The fourth-order valence-electron chi connectivity index (χ4n) is 6.54. The van der Waals surface area contributed by atoms with Crippen LogP contribution < -0.4 is 5.32 Å². The van der Waals surface area contributed by atoms with Crippen molar-refractivity contribution in [3.05, 3.63) is 98.3 Å². The van der Waals surface area contributed by atoms with Crippen molar-refractivity contribution in [2.45, 2.75) is 70.4 Å². The number of fused-ring (bicyclic) bond motifs is 2. The van der Waals surface area contributed by atoms with Gasteiger partial charge in [0.2, 0.25) is 0 Å². The van der Waals surface area contributed by atoms with Crippen LogP contribution in [0.1, 0.15) is 83.1 Å². The molecule has 3 heterocycles. The summed E-state index contributed by atoms with van der Waals surface area (Å²) in [4.78, 5) is 33.4. The molecule has 2 aromatic carbocycles. The van der Waals surface area contributed by atoms with Crippen molar-refractivity contribution >= 4 is 43.2 Å². The zero-order chi connectivity index (χ0) is 32.4. The number of Topliss-reactive ketones (excluding diaryl/α,β-unsaturated/α-hetero) is 1. The van der Waals surface area contributed by atoms with Gasteiger partial charge in [0.1, 0.15) is 0 Å². The molecule has 1 fully saturated rings. The number of hydrogen-bond donors (Lipinski definition) is 1. The predicted molar refractivity (Wildman–Crippen MR) is 180 cm³/mol. The van der Waals surface area contributed by atoms with Gasteiger partial charge in [-0.15, -0.1) is 0 Å². The van der Waals surface area contributed by atoms with E-state index in [9.17, 15) is 9.59 Å². The van der Waals surface area contributed by atoms with Crippen molar-refractivity contribution < 1.29 is 18.8 Å². The lowest BCUT2D eigenvalue weighted by atomic mass is 9.85. The zero-order valence-electron chi connectivity index (χ0n) is 26.8. The molecule has 3 atom stereocenters. The minimum Gasteiger partial charge on any atom is -0.416 e. The SMILES string of the molecule is CC(=O)c1cc2c3c(c1)C1CC1(CNCCO[Si](C)(C)C(C)(C)C)COC3(c1ccc(Cl)cc1)N(Cc1ccc(Cl)cn1)C2=O. The molecule has 7 nitrogen and oxygen atoms in total. The third-order valence-corrected chi connectivity index (χ3v) is 15.3. The van der Waals surface area contributed by atoms with E-state index >= 15 is 0 Å². The maximum absolute atomic E-state index is 14.4. The lowest BCUT2D eigenvalue weighted by Gasteiger charge is -2.40. The standard InChI is InChI=1S/C35H41Cl2N3O4Si/c1-22(41)23-15-28-30-17-34(30,20-38-13-14-44-45(5,6)33(2,3)4)21-43-35(24-7-9-25(36)10-8-24)31(28)29(16-23)32(42)40(35)19-27-12-11-26(37)18-39-27/h7-12,15-16,18,30,38H,13-14,17,19-21H2,1-6H3. The minimum absolute atomic E-state index is 0.0749. The van der Waals surface area contributed by atoms with Gasteiger partial charge in [-0.3, -0.25) is 19.5 Å². The third kappa shape index (κ3) is 5.68. The summed E-state index contributed by atoms with van der Waals surface area (Å²) in [5.74, 6) is -0.140. The number of pyridine rings is 1. The molecule has 6 rings (SSSR count). The van der Waals surface area contributed by atoms with E-state index < -0.39 is 14.0 Å². The highest BCUT2D eigenvalue weighted by Gasteiger charge is 2.64. The van der Waals surface area contributed by atoms with E-state index in [0.717, 1.165) is 36.2 Å². The van der Waals surface area contributed by atoms with Crippen LogP contribution in [0.15, 0.2) is 54.7 Å². The Morgan fingerprint density at radius 2 is 1.84 bits per heavy atom. The molecule has 0 bridgehead atoms. The minimum atomic E-state index is -1.84. The van der Waals surface area contributed by atoms with Crippen LogP contribution in [-0.4, -0.2) is 56.2 Å². The second-order valence-corrected chi connectivity index (χ2v) is 19.9.